The smallest absolute Gasteiger partial charge is 0.276 e. The van der Waals surface area contributed by atoms with Gasteiger partial charge >= 0.3 is 0 Å². The molecule has 1 aliphatic heterocycles. The minimum atomic E-state index is -3.92. The van der Waals surface area contributed by atoms with E-state index in [1.165, 1.54) is 45.5 Å². The molecule has 1 aliphatic rings. The highest BCUT2D eigenvalue weighted by molar-refractivity contribution is 7.90. The number of unbranched alkanes of at least 4 members (excludes halogenated alkanes) is 1. The van der Waals surface area contributed by atoms with Crippen LogP contribution in [0, 0.1) is 18.2 Å². The maximum atomic E-state index is 15.2. The summed E-state index contributed by atoms with van der Waals surface area (Å²) in [6.45, 7) is 5.06. The number of hydrogen-bond acceptors (Lipinski definition) is 7. The molecule has 3 rings (SSSR count). The Morgan fingerprint density at radius 1 is 1.41 bits per heavy atom. The van der Waals surface area contributed by atoms with Gasteiger partial charge < -0.3 is 15.4 Å². The summed E-state index contributed by atoms with van der Waals surface area (Å²) in [7, 11) is -1.19. The van der Waals surface area contributed by atoms with E-state index in [1.807, 2.05) is 6.92 Å². The Morgan fingerprint density at radius 3 is 2.74 bits per heavy atom. The molecular weight excluding hydrogens is 463 g/mol. The molecule has 3 N–H and O–H groups in total. The lowest BCUT2D eigenvalue weighted by molar-refractivity contribution is 0.102. The molecular formula is C22H29FN6O4S. The first kappa shape index (κ1) is 25.3. The molecule has 1 aromatic heterocycles. The number of nitrogens with zero attached hydrogens (tertiary/aromatic N) is 3. The second kappa shape index (κ2) is 9.53. The Hall–Kier alpha value is -3.28. The number of carbonyl (C=O) groups excluding carboxylic acids is 1. The van der Waals surface area contributed by atoms with Crippen LogP contribution in [0.15, 0.2) is 24.4 Å². The molecule has 2 atom stereocenters. The molecule has 0 unspecified atom stereocenters. The van der Waals surface area contributed by atoms with Crippen molar-refractivity contribution in [3.63, 3.8) is 0 Å². The third-order valence-electron chi connectivity index (χ3n) is 6.16. The van der Waals surface area contributed by atoms with Gasteiger partial charge in [-0.2, -0.15) is 0 Å². The minimum Gasteiger partial charge on any atom is -0.480 e. The van der Waals surface area contributed by atoms with E-state index in [-0.39, 0.29) is 35.2 Å². The van der Waals surface area contributed by atoms with Gasteiger partial charge in [-0.3, -0.25) is 10.2 Å². The number of guanidine groups is 1. The first-order valence-corrected chi connectivity index (χ1v) is 12.3. The number of aromatic nitrogens is 2. The van der Waals surface area contributed by atoms with Crippen LogP contribution in [0.3, 0.4) is 0 Å². The van der Waals surface area contributed by atoms with Crippen LogP contribution < -0.4 is 15.4 Å². The monoisotopic (exact) mass is 492 g/mol. The van der Waals surface area contributed by atoms with Crippen LogP contribution in [-0.2, 0) is 15.6 Å². The molecule has 0 aliphatic carbocycles. The van der Waals surface area contributed by atoms with E-state index >= 15 is 4.39 Å². The Morgan fingerprint density at radius 2 is 2.12 bits per heavy atom. The Kier molecular flexibility index (Phi) is 7.10. The summed E-state index contributed by atoms with van der Waals surface area (Å²) in [5, 5.41) is 12.8. The molecule has 34 heavy (non-hydrogen) atoms. The van der Waals surface area contributed by atoms with E-state index in [4.69, 9.17) is 10.1 Å². The Labute approximate surface area is 198 Å². The average molecular weight is 493 g/mol. The fourth-order valence-electron chi connectivity index (χ4n) is 4.07. The Balaban J connectivity index is 2.05. The van der Waals surface area contributed by atoms with Crippen molar-refractivity contribution in [3.8, 4) is 5.88 Å². The zero-order chi connectivity index (χ0) is 25.3. The largest absolute Gasteiger partial charge is 0.480 e. The van der Waals surface area contributed by atoms with Gasteiger partial charge in [-0.1, -0.05) is 19.8 Å². The first-order chi connectivity index (χ1) is 16.0. The van der Waals surface area contributed by atoms with Gasteiger partial charge in [-0.15, -0.1) is 0 Å². The number of amides is 1. The summed E-state index contributed by atoms with van der Waals surface area (Å²) in [5.74, 6) is -1.27. The number of aryl methyl sites for hydroxylation is 1. The summed E-state index contributed by atoms with van der Waals surface area (Å²) in [6, 6.07) is 3.97. The van der Waals surface area contributed by atoms with Crippen molar-refractivity contribution in [1.82, 2.24) is 19.6 Å². The van der Waals surface area contributed by atoms with Crippen molar-refractivity contribution >= 4 is 27.6 Å². The second-order valence-electron chi connectivity index (χ2n) is 8.20. The number of nitrogens with one attached hydrogen (secondary N) is 3. The fraction of sp³-hybridized carbons (Fsp3) is 0.455. The molecule has 1 saturated heterocycles. The van der Waals surface area contributed by atoms with Crippen LogP contribution >= 0.6 is 0 Å². The standard InChI is InChI=1S/C22H29FN6O4S/c1-6-7-10-22(14(3)34(31,32)29(4)21(24)28-22)16-11-15(8-9-17(16)23)27-20(30)19-13(2)26-18(33-5)12-25-19/h8-9,11-12,14H,6-7,10H2,1-5H3,(H2,24,28)(H,27,30)/t14-,22+/m1/s1. The molecule has 0 radical (unpaired) electrons. The highest BCUT2D eigenvalue weighted by Gasteiger charge is 2.52. The number of ether oxygens (including phenoxy) is 1. The number of carbonyl (C=O) groups is 1. The number of hydrogen-bond donors (Lipinski definition) is 3. The van der Waals surface area contributed by atoms with E-state index in [1.54, 1.807) is 6.92 Å². The van der Waals surface area contributed by atoms with Gasteiger partial charge in [-0.05, 0) is 38.5 Å². The van der Waals surface area contributed by atoms with Gasteiger partial charge in [0.05, 0.1) is 24.5 Å². The van der Waals surface area contributed by atoms with E-state index in [9.17, 15) is 13.2 Å². The van der Waals surface area contributed by atoms with Crippen molar-refractivity contribution in [2.45, 2.75) is 50.8 Å². The average Bonchev–Trinajstić information content (AvgIpc) is 2.80. The van der Waals surface area contributed by atoms with Crippen molar-refractivity contribution < 1.29 is 22.3 Å². The van der Waals surface area contributed by atoms with E-state index in [0.717, 1.165) is 10.7 Å². The highest BCUT2D eigenvalue weighted by Crippen LogP contribution is 2.40. The fourth-order valence-corrected chi connectivity index (χ4v) is 5.66. The van der Waals surface area contributed by atoms with E-state index < -0.39 is 32.5 Å². The second-order valence-corrected chi connectivity index (χ2v) is 10.5. The van der Waals surface area contributed by atoms with Crippen molar-refractivity contribution in [1.29, 1.82) is 5.41 Å². The van der Waals surface area contributed by atoms with Gasteiger partial charge in [-0.25, -0.2) is 27.1 Å². The normalized spacial score (nSPS) is 21.6. The lowest BCUT2D eigenvalue weighted by atomic mass is 9.81. The predicted molar refractivity (Wildman–Crippen MR) is 126 cm³/mol. The number of benzene rings is 1. The molecule has 0 saturated carbocycles. The van der Waals surface area contributed by atoms with E-state index in [2.05, 4.69) is 20.6 Å². The molecule has 10 nitrogen and oxygen atoms in total. The Bertz CT molecular complexity index is 1220. The van der Waals surface area contributed by atoms with Crippen LogP contribution in [0.1, 0.15) is 54.9 Å². The van der Waals surface area contributed by atoms with E-state index in [0.29, 0.717) is 12.1 Å². The van der Waals surface area contributed by atoms with Crippen LogP contribution in [0.5, 0.6) is 5.88 Å². The van der Waals surface area contributed by atoms with Crippen molar-refractivity contribution in [3.05, 3.63) is 47.2 Å². The molecule has 1 amide bonds. The zero-order valence-electron chi connectivity index (χ0n) is 19.8. The van der Waals surface area contributed by atoms with Gasteiger partial charge in [0.15, 0.2) is 0 Å². The maximum Gasteiger partial charge on any atom is 0.276 e. The molecule has 0 bridgehead atoms. The van der Waals surface area contributed by atoms with Crippen LogP contribution in [0.4, 0.5) is 10.1 Å². The molecule has 1 aromatic carbocycles. The first-order valence-electron chi connectivity index (χ1n) is 10.8. The summed E-state index contributed by atoms with van der Waals surface area (Å²) in [6.07, 6.45) is 2.93. The van der Waals surface area contributed by atoms with Crippen molar-refractivity contribution in [2.75, 3.05) is 19.5 Å². The molecule has 12 heteroatoms. The lowest BCUT2D eigenvalue weighted by Gasteiger charge is -2.47. The third-order valence-corrected chi connectivity index (χ3v) is 8.40. The van der Waals surface area contributed by atoms with Gasteiger partial charge in [0, 0.05) is 18.3 Å². The minimum absolute atomic E-state index is 0.0604. The van der Waals surface area contributed by atoms with Crippen LogP contribution in [-0.4, -0.2) is 54.0 Å². The number of anilines is 1. The summed E-state index contributed by atoms with van der Waals surface area (Å²) < 4.78 is 47.2. The summed E-state index contributed by atoms with van der Waals surface area (Å²) >= 11 is 0. The molecule has 0 spiro atoms. The molecule has 2 aromatic rings. The van der Waals surface area contributed by atoms with Gasteiger partial charge in [0.25, 0.3) is 5.91 Å². The predicted octanol–water partition coefficient (Wildman–Crippen LogP) is 2.76. The number of methoxy groups -OCH3 is 1. The number of rotatable bonds is 7. The lowest BCUT2D eigenvalue weighted by Crippen LogP contribution is -2.66. The van der Waals surface area contributed by atoms with Crippen LogP contribution in [0.25, 0.3) is 0 Å². The van der Waals surface area contributed by atoms with Gasteiger partial charge in [0.1, 0.15) is 16.8 Å². The quantitative estimate of drug-likeness (QED) is 0.540. The number of halogens is 1. The zero-order valence-corrected chi connectivity index (χ0v) is 20.6. The highest BCUT2D eigenvalue weighted by atomic mass is 32.2. The van der Waals surface area contributed by atoms with Crippen molar-refractivity contribution in [2.24, 2.45) is 0 Å². The SMILES string of the molecule is CCCC[C@]1(c2cc(NC(=O)c3ncc(OC)nc3C)ccc2F)NC(=N)N(C)S(=O)(=O)[C@@H]1C. The third kappa shape index (κ3) is 4.41. The summed E-state index contributed by atoms with van der Waals surface area (Å²) in [5.41, 5.74) is -0.651. The van der Waals surface area contributed by atoms with Gasteiger partial charge in [0.2, 0.25) is 21.9 Å². The topological polar surface area (TPSA) is 137 Å². The number of sulfonamides is 1. The molecule has 184 valence electrons. The summed E-state index contributed by atoms with van der Waals surface area (Å²) in [4.78, 5) is 21.0. The molecule has 1 fully saturated rings. The maximum absolute atomic E-state index is 15.2. The molecule has 2 heterocycles. The van der Waals surface area contributed by atoms with Crippen LogP contribution in [0.2, 0.25) is 0 Å².